The van der Waals surface area contributed by atoms with Gasteiger partial charge in [-0.15, -0.1) is 0 Å². The van der Waals surface area contributed by atoms with E-state index in [1.165, 1.54) is 5.39 Å². The van der Waals surface area contributed by atoms with Crippen LogP contribution in [0.2, 0.25) is 0 Å². The number of H-pyrrole nitrogens is 1. The molecule has 29 heavy (non-hydrogen) atoms. The molecule has 0 aliphatic carbocycles. The van der Waals surface area contributed by atoms with Crippen molar-refractivity contribution in [2.24, 2.45) is 4.99 Å². The van der Waals surface area contributed by atoms with E-state index in [-0.39, 0.29) is 0 Å². The highest BCUT2D eigenvalue weighted by Crippen LogP contribution is 2.19. The van der Waals surface area contributed by atoms with Crippen LogP contribution in [0.5, 0.6) is 5.88 Å². The molecule has 1 saturated heterocycles. The zero-order valence-electron chi connectivity index (χ0n) is 16.6. The van der Waals surface area contributed by atoms with E-state index in [2.05, 4.69) is 42.3 Å². The molecule has 1 fully saturated rings. The number of morpholine rings is 1. The number of fused-ring (bicyclic) bond motifs is 1. The van der Waals surface area contributed by atoms with E-state index in [4.69, 9.17) is 9.47 Å². The number of anilines is 1. The van der Waals surface area contributed by atoms with E-state index in [1.807, 2.05) is 31.4 Å². The lowest BCUT2D eigenvalue weighted by molar-refractivity contribution is 0.122. The maximum absolute atomic E-state index is 5.79. The summed E-state index contributed by atoms with van der Waals surface area (Å²) in [7, 11) is 1.89. The molecule has 2 aromatic heterocycles. The predicted octanol–water partition coefficient (Wildman–Crippen LogP) is 2.01. The van der Waals surface area contributed by atoms with Gasteiger partial charge < -0.3 is 24.7 Å². The molecule has 4 rings (SSSR count). The molecule has 0 bridgehead atoms. The number of para-hydroxylation sites is 1. The number of likely N-dealkylation sites (N-methyl/N-ethyl adjacent to an activating group) is 1. The van der Waals surface area contributed by atoms with Gasteiger partial charge in [-0.25, -0.2) is 4.98 Å². The van der Waals surface area contributed by atoms with Gasteiger partial charge in [0.2, 0.25) is 11.8 Å². The van der Waals surface area contributed by atoms with Crippen molar-refractivity contribution in [3.05, 3.63) is 47.8 Å². The quantitative estimate of drug-likeness (QED) is 0.449. The Bertz CT molecular complexity index is 965. The van der Waals surface area contributed by atoms with Gasteiger partial charge in [0.25, 0.3) is 0 Å². The van der Waals surface area contributed by atoms with E-state index in [9.17, 15) is 0 Å². The number of rotatable bonds is 8. The van der Waals surface area contributed by atoms with Crippen LogP contribution in [-0.2, 0) is 11.3 Å². The summed E-state index contributed by atoms with van der Waals surface area (Å²) in [5.74, 6) is 1.22. The molecule has 8 heteroatoms. The summed E-state index contributed by atoms with van der Waals surface area (Å²) >= 11 is 0. The molecule has 0 saturated carbocycles. The fourth-order valence-electron chi connectivity index (χ4n) is 3.23. The first-order valence-electron chi connectivity index (χ1n) is 9.87. The van der Waals surface area contributed by atoms with E-state index in [1.54, 1.807) is 6.21 Å². The topological polar surface area (TPSA) is 87.7 Å². The summed E-state index contributed by atoms with van der Waals surface area (Å²) in [6.45, 7) is 4.77. The number of hydrogen-bond donors (Lipinski definition) is 2. The molecule has 2 N–H and O–H groups in total. The summed E-state index contributed by atoms with van der Waals surface area (Å²) in [6, 6.07) is 10.1. The summed E-state index contributed by atoms with van der Waals surface area (Å²) in [6.07, 6.45) is 3.80. The second kappa shape index (κ2) is 9.49. The number of nitrogens with one attached hydrogen (secondary N) is 2. The van der Waals surface area contributed by atoms with Crippen molar-refractivity contribution >= 4 is 23.1 Å². The molecule has 1 aliphatic rings. The van der Waals surface area contributed by atoms with Crippen LogP contribution in [0.3, 0.4) is 0 Å². The standard InChI is InChI=1S/C21H26N6O2/c1-22-6-9-29-20-12-17(25-21(26-20)27-7-10-28-11-8-27)15-23-13-16-14-24-19-5-3-2-4-18(16)19/h2-5,12,14-15,22,24H,6-11,13H2,1H3. The summed E-state index contributed by atoms with van der Waals surface area (Å²) in [5.41, 5.74) is 3.01. The first kappa shape index (κ1) is 19.4. The van der Waals surface area contributed by atoms with E-state index >= 15 is 0 Å². The smallest absolute Gasteiger partial charge is 0.229 e. The Hall–Kier alpha value is -2.97. The molecule has 0 amide bonds. The SMILES string of the molecule is CNCCOc1cc(C=NCc2c[nH]c3ccccc23)nc(N2CCOCC2)n1. The van der Waals surface area contributed by atoms with Gasteiger partial charge >= 0.3 is 0 Å². The van der Waals surface area contributed by atoms with Crippen LogP contribution in [-0.4, -0.2) is 67.7 Å². The predicted molar refractivity (Wildman–Crippen MR) is 114 cm³/mol. The van der Waals surface area contributed by atoms with Gasteiger partial charge in [-0.2, -0.15) is 4.98 Å². The minimum absolute atomic E-state index is 0.544. The fraction of sp³-hybridized carbons (Fsp3) is 0.381. The van der Waals surface area contributed by atoms with Crippen LogP contribution >= 0.6 is 0 Å². The summed E-state index contributed by atoms with van der Waals surface area (Å²) < 4.78 is 11.2. The Balaban J connectivity index is 1.52. The first-order valence-corrected chi connectivity index (χ1v) is 9.87. The van der Waals surface area contributed by atoms with Crippen LogP contribution in [0.1, 0.15) is 11.3 Å². The average molecular weight is 394 g/mol. The van der Waals surface area contributed by atoms with Crippen LogP contribution in [0.15, 0.2) is 41.5 Å². The van der Waals surface area contributed by atoms with Gasteiger partial charge in [0.15, 0.2) is 0 Å². The highest BCUT2D eigenvalue weighted by molar-refractivity contribution is 5.83. The average Bonchev–Trinajstić information content (AvgIpc) is 3.18. The van der Waals surface area contributed by atoms with Crippen molar-refractivity contribution in [2.75, 3.05) is 51.4 Å². The molecular weight excluding hydrogens is 368 g/mol. The zero-order chi connectivity index (χ0) is 19.9. The largest absolute Gasteiger partial charge is 0.476 e. The van der Waals surface area contributed by atoms with Crippen molar-refractivity contribution in [1.29, 1.82) is 0 Å². The van der Waals surface area contributed by atoms with Gasteiger partial charge in [0, 0.05) is 49.0 Å². The Kier molecular flexibility index (Phi) is 6.33. The molecule has 1 aromatic carbocycles. The molecule has 8 nitrogen and oxygen atoms in total. The summed E-state index contributed by atoms with van der Waals surface area (Å²) in [4.78, 5) is 19.3. The fourth-order valence-corrected chi connectivity index (χ4v) is 3.23. The van der Waals surface area contributed by atoms with Crippen LogP contribution in [0.25, 0.3) is 10.9 Å². The normalized spacial score (nSPS) is 14.7. The highest BCUT2D eigenvalue weighted by atomic mass is 16.5. The molecule has 3 aromatic rings. The van der Waals surface area contributed by atoms with Crippen molar-refractivity contribution in [2.45, 2.75) is 6.54 Å². The Morgan fingerprint density at radius 2 is 2.14 bits per heavy atom. The number of aliphatic imine (C=N–C) groups is 1. The number of nitrogens with zero attached hydrogens (tertiary/aromatic N) is 4. The number of ether oxygens (including phenoxy) is 2. The van der Waals surface area contributed by atoms with Gasteiger partial charge in [0.1, 0.15) is 6.61 Å². The first-order chi connectivity index (χ1) is 14.3. The minimum atomic E-state index is 0.544. The molecule has 3 heterocycles. The Morgan fingerprint density at radius 3 is 3.00 bits per heavy atom. The van der Waals surface area contributed by atoms with Gasteiger partial charge in [-0.1, -0.05) is 18.2 Å². The molecule has 0 atom stereocenters. The molecule has 152 valence electrons. The number of benzene rings is 1. The van der Waals surface area contributed by atoms with Crippen LogP contribution < -0.4 is 15.0 Å². The third-order valence-corrected chi connectivity index (χ3v) is 4.77. The molecule has 0 spiro atoms. The molecule has 1 aliphatic heterocycles. The molecule has 0 unspecified atom stereocenters. The van der Waals surface area contributed by atoms with Crippen LogP contribution in [0.4, 0.5) is 5.95 Å². The molecule has 0 radical (unpaired) electrons. The monoisotopic (exact) mass is 394 g/mol. The highest BCUT2D eigenvalue weighted by Gasteiger charge is 2.16. The summed E-state index contributed by atoms with van der Waals surface area (Å²) in [5, 5.41) is 4.26. The van der Waals surface area contributed by atoms with Gasteiger partial charge in [-0.05, 0) is 18.7 Å². The van der Waals surface area contributed by atoms with E-state index < -0.39 is 0 Å². The second-order valence-electron chi connectivity index (χ2n) is 6.81. The minimum Gasteiger partial charge on any atom is -0.476 e. The third-order valence-electron chi connectivity index (χ3n) is 4.77. The Morgan fingerprint density at radius 1 is 1.28 bits per heavy atom. The zero-order valence-corrected chi connectivity index (χ0v) is 16.6. The second-order valence-corrected chi connectivity index (χ2v) is 6.81. The van der Waals surface area contributed by atoms with Crippen molar-refractivity contribution in [3.8, 4) is 5.88 Å². The number of hydrogen-bond acceptors (Lipinski definition) is 7. The lowest BCUT2D eigenvalue weighted by Gasteiger charge is -2.27. The van der Waals surface area contributed by atoms with E-state index in [0.717, 1.165) is 36.4 Å². The Labute approximate surface area is 170 Å². The lowest BCUT2D eigenvalue weighted by Crippen LogP contribution is -2.37. The van der Waals surface area contributed by atoms with Crippen molar-refractivity contribution in [1.82, 2.24) is 20.3 Å². The van der Waals surface area contributed by atoms with Gasteiger partial charge in [0.05, 0.1) is 25.5 Å². The maximum atomic E-state index is 5.79. The maximum Gasteiger partial charge on any atom is 0.229 e. The number of aromatic amines is 1. The van der Waals surface area contributed by atoms with E-state index in [0.29, 0.717) is 38.2 Å². The van der Waals surface area contributed by atoms with Crippen molar-refractivity contribution in [3.63, 3.8) is 0 Å². The number of aromatic nitrogens is 3. The van der Waals surface area contributed by atoms with Crippen molar-refractivity contribution < 1.29 is 9.47 Å². The lowest BCUT2D eigenvalue weighted by atomic mass is 10.2. The van der Waals surface area contributed by atoms with Crippen LogP contribution in [0, 0.1) is 0 Å². The molecular formula is C21H26N6O2. The third kappa shape index (κ3) is 4.90. The van der Waals surface area contributed by atoms with Gasteiger partial charge in [-0.3, -0.25) is 4.99 Å².